The van der Waals surface area contributed by atoms with Crippen molar-refractivity contribution in [1.82, 2.24) is 24.8 Å². The number of rotatable bonds is 12. The first-order valence-corrected chi connectivity index (χ1v) is 13.6. The Kier molecular flexibility index (Phi) is 8.16. The van der Waals surface area contributed by atoms with Crippen molar-refractivity contribution in [1.29, 1.82) is 0 Å². The number of hydrogen-bond donors (Lipinski definition) is 2. The van der Waals surface area contributed by atoms with E-state index in [1.807, 2.05) is 30.3 Å². The van der Waals surface area contributed by atoms with Gasteiger partial charge in [0, 0.05) is 47.7 Å². The predicted octanol–water partition coefficient (Wildman–Crippen LogP) is 6.13. The maximum atomic E-state index is 15.2. The van der Waals surface area contributed by atoms with Crippen LogP contribution in [0.5, 0.6) is 0 Å². The number of anilines is 2. The Morgan fingerprint density at radius 1 is 1.15 bits per heavy atom. The highest BCUT2D eigenvalue weighted by molar-refractivity contribution is 5.95. The number of nitrogens with zero attached hydrogens (tertiary/aromatic N) is 4. The average Bonchev–Trinajstić information content (AvgIpc) is 3.64. The Morgan fingerprint density at radius 2 is 1.95 bits per heavy atom. The molecule has 1 aliphatic carbocycles. The minimum atomic E-state index is -0.877. The molecule has 1 unspecified atom stereocenters. The van der Waals surface area contributed by atoms with Crippen LogP contribution in [-0.4, -0.2) is 50.7 Å². The van der Waals surface area contributed by atoms with E-state index in [0.29, 0.717) is 53.8 Å². The summed E-state index contributed by atoms with van der Waals surface area (Å²) in [4.78, 5) is 19.0. The van der Waals surface area contributed by atoms with Crippen molar-refractivity contribution in [3.05, 3.63) is 77.7 Å². The molecule has 1 amide bonds. The van der Waals surface area contributed by atoms with Crippen LogP contribution in [0.25, 0.3) is 16.8 Å². The molecule has 1 fully saturated rings. The minimum Gasteiger partial charge on any atom is -0.349 e. The van der Waals surface area contributed by atoms with Gasteiger partial charge in [-0.25, -0.2) is 13.3 Å². The molecule has 1 aliphatic rings. The fourth-order valence-electron chi connectivity index (χ4n) is 4.55. The average molecular weight is 533 g/mol. The lowest BCUT2D eigenvalue weighted by molar-refractivity contribution is 0.0951. The number of benzene rings is 2. The molecule has 204 valence electrons. The molecule has 2 heterocycles. The zero-order chi connectivity index (χ0) is 27.4. The van der Waals surface area contributed by atoms with E-state index < -0.39 is 6.17 Å². The Bertz CT molecular complexity index is 1430. The van der Waals surface area contributed by atoms with Crippen molar-refractivity contribution in [3.63, 3.8) is 0 Å². The Morgan fingerprint density at radius 3 is 2.64 bits per heavy atom. The van der Waals surface area contributed by atoms with Crippen LogP contribution in [-0.2, 0) is 6.54 Å². The molecular weight excluding hydrogens is 498 g/mol. The number of amides is 1. The number of pyridine rings is 1. The molecule has 0 spiro atoms. The SMILES string of the molecule is CCCN(CCC(C)F)Cc1ccc(-c2cccn3nc(Nc4ccc(C(=O)NC5CC5)cc4)nc23)cc1F. The number of aromatic nitrogens is 3. The zero-order valence-corrected chi connectivity index (χ0v) is 22.3. The molecule has 5 rings (SSSR count). The van der Waals surface area contributed by atoms with Crippen molar-refractivity contribution >= 4 is 23.2 Å². The number of carbonyl (C=O) groups excluding carboxylic acids is 1. The van der Waals surface area contributed by atoms with Crippen molar-refractivity contribution in [3.8, 4) is 11.1 Å². The first kappa shape index (κ1) is 26.7. The number of alkyl halides is 1. The normalized spacial score (nSPS) is 14.1. The molecule has 2 aromatic heterocycles. The number of hydrogen-bond acceptors (Lipinski definition) is 5. The molecule has 7 nitrogen and oxygen atoms in total. The highest BCUT2D eigenvalue weighted by atomic mass is 19.1. The molecule has 0 bridgehead atoms. The summed E-state index contributed by atoms with van der Waals surface area (Å²) in [5.74, 6) is 0.0322. The molecule has 0 saturated heterocycles. The van der Waals surface area contributed by atoms with Crippen LogP contribution in [0.3, 0.4) is 0 Å². The van der Waals surface area contributed by atoms with E-state index >= 15 is 4.39 Å². The molecule has 9 heteroatoms. The zero-order valence-electron chi connectivity index (χ0n) is 22.3. The standard InChI is InChI=1S/C30H34F2N6O/c1-3-15-37(17-14-20(2)31)19-23-7-6-22(18-27(23)32)26-5-4-16-38-28(26)35-30(36-38)34-25-10-8-21(9-11-25)29(39)33-24-12-13-24/h4-11,16,18,20,24H,3,12-15,17,19H2,1-2H3,(H,33,39)(H,34,36). The van der Waals surface area contributed by atoms with Gasteiger partial charge in [-0.3, -0.25) is 9.69 Å². The summed E-state index contributed by atoms with van der Waals surface area (Å²) in [5, 5.41) is 10.7. The second-order valence-electron chi connectivity index (χ2n) is 10.2. The first-order chi connectivity index (χ1) is 18.9. The van der Waals surface area contributed by atoms with Gasteiger partial charge in [-0.15, -0.1) is 5.10 Å². The van der Waals surface area contributed by atoms with Gasteiger partial charge in [-0.05, 0) is 87.2 Å². The van der Waals surface area contributed by atoms with Crippen molar-refractivity contribution in [2.45, 2.75) is 58.3 Å². The van der Waals surface area contributed by atoms with E-state index in [-0.39, 0.29) is 11.7 Å². The van der Waals surface area contributed by atoms with Gasteiger partial charge in [0.2, 0.25) is 5.95 Å². The molecule has 2 N–H and O–H groups in total. The summed E-state index contributed by atoms with van der Waals surface area (Å²) < 4.78 is 30.2. The van der Waals surface area contributed by atoms with Crippen molar-refractivity contribution in [2.24, 2.45) is 0 Å². The number of nitrogens with one attached hydrogen (secondary N) is 2. The third-order valence-corrected chi connectivity index (χ3v) is 6.82. The second-order valence-corrected chi connectivity index (χ2v) is 10.2. The Hall–Kier alpha value is -3.85. The van der Waals surface area contributed by atoms with Crippen LogP contribution in [0.2, 0.25) is 0 Å². The van der Waals surface area contributed by atoms with Crippen molar-refractivity contribution < 1.29 is 13.6 Å². The predicted molar refractivity (Wildman–Crippen MR) is 149 cm³/mol. The van der Waals surface area contributed by atoms with Crippen LogP contribution in [0.4, 0.5) is 20.4 Å². The van der Waals surface area contributed by atoms with Gasteiger partial charge in [0.25, 0.3) is 5.91 Å². The van der Waals surface area contributed by atoms with Crippen molar-refractivity contribution in [2.75, 3.05) is 18.4 Å². The Labute approximate surface area is 227 Å². The van der Waals surface area contributed by atoms with E-state index in [1.165, 1.54) is 6.07 Å². The highest BCUT2D eigenvalue weighted by Gasteiger charge is 2.23. The van der Waals surface area contributed by atoms with Crippen LogP contribution < -0.4 is 10.6 Å². The number of fused-ring (bicyclic) bond motifs is 1. The molecule has 1 atom stereocenters. The summed E-state index contributed by atoms with van der Waals surface area (Å²) in [5.41, 5.74) is 4.00. The molecule has 0 radical (unpaired) electrons. The van der Waals surface area contributed by atoms with Crippen LogP contribution >= 0.6 is 0 Å². The van der Waals surface area contributed by atoms with Gasteiger partial charge in [0.05, 0.1) is 6.17 Å². The summed E-state index contributed by atoms with van der Waals surface area (Å²) in [6.07, 6.45) is 4.36. The fraction of sp³-hybridized carbons (Fsp3) is 0.367. The molecular formula is C30H34F2N6O. The van der Waals surface area contributed by atoms with Crippen LogP contribution in [0, 0.1) is 5.82 Å². The highest BCUT2D eigenvalue weighted by Crippen LogP contribution is 2.27. The number of halogens is 2. The molecule has 0 aliphatic heterocycles. The lowest BCUT2D eigenvalue weighted by Gasteiger charge is -2.22. The van der Waals surface area contributed by atoms with Gasteiger partial charge in [0.15, 0.2) is 5.65 Å². The second kappa shape index (κ2) is 11.9. The Balaban J connectivity index is 1.31. The summed E-state index contributed by atoms with van der Waals surface area (Å²) in [7, 11) is 0. The van der Waals surface area contributed by atoms with Gasteiger partial charge in [-0.2, -0.15) is 4.98 Å². The van der Waals surface area contributed by atoms with Gasteiger partial charge < -0.3 is 10.6 Å². The smallest absolute Gasteiger partial charge is 0.251 e. The van der Waals surface area contributed by atoms with E-state index in [4.69, 9.17) is 0 Å². The summed E-state index contributed by atoms with van der Waals surface area (Å²) in [6, 6.07) is 16.4. The quantitative estimate of drug-likeness (QED) is 0.230. The fourth-order valence-corrected chi connectivity index (χ4v) is 4.55. The summed E-state index contributed by atoms with van der Waals surface area (Å²) >= 11 is 0. The van der Waals surface area contributed by atoms with Crippen LogP contribution in [0.1, 0.15) is 55.5 Å². The molecule has 1 saturated carbocycles. The summed E-state index contributed by atoms with van der Waals surface area (Å²) in [6.45, 7) is 5.45. The van der Waals surface area contributed by atoms with E-state index in [2.05, 4.69) is 32.5 Å². The monoisotopic (exact) mass is 532 g/mol. The third-order valence-electron chi connectivity index (χ3n) is 6.82. The van der Waals surface area contributed by atoms with E-state index in [1.54, 1.807) is 35.8 Å². The van der Waals surface area contributed by atoms with E-state index in [0.717, 1.165) is 37.1 Å². The minimum absolute atomic E-state index is 0.0646. The van der Waals surface area contributed by atoms with E-state index in [9.17, 15) is 9.18 Å². The maximum absolute atomic E-state index is 15.2. The molecule has 39 heavy (non-hydrogen) atoms. The maximum Gasteiger partial charge on any atom is 0.251 e. The topological polar surface area (TPSA) is 74.6 Å². The van der Waals surface area contributed by atoms with Gasteiger partial charge in [-0.1, -0.05) is 19.1 Å². The van der Waals surface area contributed by atoms with Gasteiger partial charge in [0.1, 0.15) is 5.82 Å². The van der Waals surface area contributed by atoms with Crippen LogP contribution in [0.15, 0.2) is 60.8 Å². The lowest BCUT2D eigenvalue weighted by atomic mass is 10.0. The lowest BCUT2D eigenvalue weighted by Crippen LogP contribution is -2.27. The molecule has 4 aromatic rings. The first-order valence-electron chi connectivity index (χ1n) is 13.6. The molecule has 2 aromatic carbocycles. The number of carbonyl (C=O) groups is 1. The van der Waals surface area contributed by atoms with Gasteiger partial charge >= 0.3 is 0 Å². The largest absolute Gasteiger partial charge is 0.349 e. The third kappa shape index (κ3) is 6.78.